The Bertz CT molecular complexity index is 617. The van der Waals surface area contributed by atoms with Crippen molar-refractivity contribution >= 4 is 12.2 Å². The smallest absolute Gasteiger partial charge is 0.407 e. The number of carbonyl (C=O) groups excluding carboxylic acids is 2. The van der Waals surface area contributed by atoms with Gasteiger partial charge in [0.25, 0.3) is 0 Å². The van der Waals surface area contributed by atoms with Crippen LogP contribution in [0.3, 0.4) is 0 Å². The molecule has 33 heavy (non-hydrogen) atoms. The molecule has 2 unspecified atom stereocenters. The normalized spacial score (nSPS) is 23.0. The molecule has 6 heteroatoms. The van der Waals surface area contributed by atoms with Crippen LogP contribution in [0.2, 0.25) is 0 Å². The number of carbonyl (C=O) groups is 2. The maximum Gasteiger partial charge on any atom is 0.407 e. The van der Waals surface area contributed by atoms with Gasteiger partial charge in [-0.05, 0) is 62.2 Å². The van der Waals surface area contributed by atoms with Gasteiger partial charge in [-0.25, -0.2) is 9.59 Å². The molecule has 6 nitrogen and oxygen atoms in total. The highest BCUT2D eigenvalue weighted by atomic mass is 16.6. The Balaban J connectivity index is 2.65. The highest BCUT2D eigenvalue weighted by molar-refractivity contribution is 5.68. The number of rotatable bonds is 12. The first-order chi connectivity index (χ1) is 15.3. The van der Waals surface area contributed by atoms with Crippen molar-refractivity contribution in [2.75, 3.05) is 19.8 Å². The van der Waals surface area contributed by atoms with Crippen LogP contribution >= 0.6 is 0 Å². The van der Waals surface area contributed by atoms with Crippen LogP contribution in [0.15, 0.2) is 0 Å². The molecule has 2 N–H and O–H groups in total. The summed E-state index contributed by atoms with van der Waals surface area (Å²) in [6.45, 7) is 20.9. The Morgan fingerprint density at radius 3 is 1.91 bits per heavy atom. The van der Waals surface area contributed by atoms with Gasteiger partial charge < -0.3 is 20.1 Å². The average Bonchev–Trinajstić information content (AvgIpc) is 2.76. The lowest BCUT2D eigenvalue weighted by molar-refractivity contribution is 0.0470. The lowest BCUT2D eigenvalue weighted by Crippen LogP contribution is -2.50. The number of ether oxygens (including phenoxy) is 2. The molecule has 1 rings (SSSR count). The Hall–Kier alpha value is -1.46. The van der Waals surface area contributed by atoms with E-state index in [2.05, 4.69) is 72.9 Å². The van der Waals surface area contributed by atoms with Crippen LogP contribution < -0.4 is 10.6 Å². The summed E-state index contributed by atoms with van der Waals surface area (Å²) < 4.78 is 11.2. The summed E-state index contributed by atoms with van der Waals surface area (Å²) >= 11 is 0. The zero-order valence-electron chi connectivity index (χ0n) is 23.0. The van der Waals surface area contributed by atoms with Gasteiger partial charge in [-0.3, -0.25) is 0 Å². The molecular formula is C27H52N2O4. The van der Waals surface area contributed by atoms with Crippen molar-refractivity contribution in [3.8, 4) is 0 Å². The van der Waals surface area contributed by atoms with Gasteiger partial charge in [0.1, 0.15) is 0 Å². The van der Waals surface area contributed by atoms with Crippen molar-refractivity contribution in [3.05, 3.63) is 0 Å². The summed E-state index contributed by atoms with van der Waals surface area (Å²) in [6.07, 6.45) is 6.93. The van der Waals surface area contributed by atoms with E-state index in [4.69, 9.17) is 9.47 Å². The van der Waals surface area contributed by atoms with Crippen molar-refractivity contribution < 1.29 is 19.1 Å². The summed E-state index contributed by atoms with van der Waals surface area (Å²) in [7, 11) is 0. The molecule has 1 fully saturated rings. The number of nitrogens with one attached hydrogen (secondary N) is 2. The van der Waals surface area contributed by atoms with Gasteiger partial charge in [0, 0.05) is 23.4 Å². The third kappa shape index (κ3) is 9.36. The first kappa shape index (κ1) is 29.6. The van der Waals surface area contributed by atoms with Crippen LogP contribution in [-0.4, -0.2) is 38.0 Å². The summed E-state index contributed by atoms with van der Waals surface area (Å²) in [5.41, 5.74) is 0.0130. The molecule has 0 aromatic rings. The number of hydrogen-bond acceptors (Lipinski definition) is 4. The predicted octanol–water partition coefficient (Wildman–Crippen LogP) is 7.07. The van der Waals surface area contributed by atoms with Gasteiger partial charge in [0.15, 0.2) is 0 Å². The lowest BCUT2D eigenvalue weighted by Gasteiger charge is -2.46. The van der Waals surface area contributed by atoms with Gasteiger partial charge in [-0.15, -0.1) is 0 Å². The Morgan fingerprint density at radius 1 is 0.848 bits per heavy atom. The van der Waals surface area contributed by atoms with E-state index >= 15 is 0 Å². The third-order valence-electron chi connectivity index (χ3n) is 8.44. The molecule has 1 saturated carbocycles. The zero-order chi connectivity index (χ0) is 25.3. The van der Waals surface area contributed by atoms with Crippen LogP contribution in [0.25, 0.3) is 0 Å². The Labute approximate surface area is 203 Å². The summed E-state index contributed by atoms with van der Waals surface area (Å²) in [4.78, 5) is 25.0. The molecule has 1 aliphatic rings. The predicted molar refractivity (Wildman–Crippen MR) is 135 cm³/mol. The number of hydrogen-bond donors (Lipinski definition) is 2. The van der Waals surface area contributed by atoms with Crippen molar-refractivity contribution in [1.29, 1.82) is 0 Å². The molecule has 0 heterocycles. The molecular weight excluding hydrogens is 416 g/mol. The fourth-order valence-corrected chi connectivity index (χ4v) is 5.38. The van der Waals surface area contributed by atoms with Gasteiger partial charge in [-0.2, -0.15) is 0 Å². The maximum atomic E-state index is 12.5. The fraction of sp³-hybridized carbons (Fsp3) is 0.926. The molecule has 0 spiro atoms. The van der Waals surface area contributed by atoms with Crippen molar-refractivity contribution in [1.82, 2.24) is 10.6 Å². The van der Waals surface area contributed by atoms with Crippen molar-refractivity contribution in [2.24, 2.45) is 21.7 Å². The van der Waals surface area contributed by atoms with Gasteiger partial charge in [0.05, 0.1) is 13.2 Å². The highest BCUT2D eigenvalue weighted by Gasteiger charge is 2.42. The van der Waals surface area contributed by atoms with E-state index in [1.165, 1.54) is 0 Å². The van der Waals surface area contributed by atoms with E-state index in [9.17, 15) is 9.59 Å². The van der Waals surface area contributed by atoms with E-state index in [1.54, 1.807) is 0 Å². The van der Waals surface area contributed by atoms with Crippen LogP contribution in [0, 0.1) is 21.7 Å². The molecule has 0 aromatic heterocycles. The van der Waals surface area contributed by atoms with Gasteiger partial charge >= 0.3 is 12.2 Å². The highest BCUT2D eigenvalue weighted by Crippen LogP contribution is 2.45. The van der Waals surface area contributed by atoms with Crippen molar-refractivity contribution in [3.63, 3.8) is 0 Å². The first-order valence-corrected chi connectivity index (χ1v) is 13.1. The largest absolute Gasteiger partial charge is 0.449 e. The van der Waals surface area contributed by atoms with Crippen LogP contribution in [0.4, 0.5) is 9.59 Å². The van der Waals surface area contributed by atoms with E-state index < -0.39 is 0 Å². The minimum atomic E-state index is -0.346. The van der Waals surface area contributed by atoms with Crippen LogP contribution in [0.1, 0.15) is 114 Å². The Morgan fingerprint density at radius 2 is 1.39 bits per heavy atom. The second-order valence-electron chi connectivity index (χ2n) is 12.0. The van der Waals surface area contributed by atoms with Crippen LogP contribution in [-0.2, 0) is 9.47 Å². The van der Waals surface area contributed by atoms with Crippen LogP contribution in [0.5, 0.6) is 0 Å². The van der Waals surface area contributed by atoms with E-state index in [0.29, 0.717) is 19.8 Å². The summed E-state index contributed by atoms with van der Waals surface area (Å²) in [5, 5.41) is 6.11. The lowest BCUT2D eigenvalue weighted by atomic mass is 9.62. The second-order valence-corrected chi connectivity index (χ2v) is 12.0. The Kier molecular flexibility index (Phi) is 11.0. The van der Waals surface area contributed by atoms with E-state index in [-0.39, 0.29) is 39.9 Å². The average molecular weight is 469 g/mol. The summed E-state index contributed by atoms with van der Waals surface area (Å²) in [5.74, 6) is 0. The molecule has 2 atom stereocenters. The quantitative estimate of drug-likeness (QED) is 0.321. The van der Waals surface area contributed by atoms with E-state index in [1.807, 2.05) is 0 Å². The molecule has 0 saturated heterocycles. The topological polar surface area (TPSA) is 76.7 Å². The molecule has 0 radical (unpaired) electrons. The molecule has 1 aliphatic carbocycles. The van der Waals surface area contributed by atoms with Gasteiger partial charge in [0.2, 0.25) is 0 Å². The molecule has 0 aliphatic heterocycles. The first-order valence-electron chi connectivity index (χ1n) is 13.1. The molecule has 194 valence electrons. The zero-order valence-corrected chi connectivity index (χ0v) is 23.0. The standard InChI is InChI=1S/C27H52N2O4/c1-10-25(8,11-2)19-32-23(31)29-21-15-24(6,7)17-26(9,16-21)18-28-22(30)33-20-27(12-3,13-4)14-5/h21H,10-20H2,1-9H3,(H,28,30)(H,29,31). The van der Waals surface area contributed by atoms with Crippen molar-refractivity contribution in [2.45, 2.75) is 120 Å². The van der Waals surface area contributed by atoms with E-state index in [0.717, 1.165) is 51.4 Å². The molecule has 0 aromatic carbocycles. The SMILES string of the molecule is CCC(C)(CC)COC(=O)NC1CC(C)(C)CC(C)(CNC(=O)OCC(CC)(CC)CC)C1. The molecule has 0 bridgehead atoms. The monoisotopic (exact) mass is 468 g/mol. The number of alkyl carbamates (subject to hydrolysis) is 2. The number of amides is 2. The minimum Gasteiger partial charge on any atom is -0.449 e. The van der Waals surface area contributed by atoms with Gasteiger partial charge in [-0.1, -0.05) is 62.3 Å². The maximum absolute atomic E-state index is 12.5. The second kappa shape index (κ2) is 12.3. The summed E-state index contributed by atoms with van der Waals surface area (Å²) in [6, 6.07) is 0.0199. The third-order valence-corrected chi connectivity index (χ3v) is 8.44. The molecule has 2 amide bonds. The minimum absolute atomic E-state index is 0.0199. The fourth-order valence-electron chi connectivity index (χ4n) is 5.38.